The first-order chi connectivity index (χ1) is 20.4. The molecular weight excluding hydrogens is 651 g/mol. The van der Waals surface area contributed by atoms with Gasteiger partial charge in [0.15, 0.2) is 5.76 Å². The van der Waals surface area contributed by atoms with Crippen molar-refractivity contribution in [3.8, 4) is 23.1 Å². The van der Waals surface area contributed by atoms with Crippen LogP contribution in [0.25, 0.3) is 33.5 Å². The van der Waals surface area contributed by atoms with Crippen molar-refractivity contribution in [2.24, 2.45) is 5.10 Å². The van der Waals surface area contributed by atoms with Crippen LogP contribution in [0, 0.1) is 13.7 Å². The average Bonchev–Trinajstić information content (AvgIpc) is 3.45. The molecule has 0 spiro atoms. The Bertz CT molecular complexity index is 2070. The Morgan fingerprint density at radius 2 is 1.83 bits per heavy atom. The highest BCUT2D eigenvalue weighted by Gasteiger charge is 2.18. The number of benzene rings is 4. The summed E-state index contributed by atoms with van der Waals surface area (Å²) in [6.45, 7) is 0.176. The maximum Gasteiger partial charge on any atom is 0.282 e. The fourth-order valence-corrected chi connectivity index (χ4v) is 5.17. The maximum atomic E-state index is 13.6. The number of nitro benzene ring substituents is 1. The van der Waals surface area contributed by atoms with Gasteiger partial charge in [-0.15, -0.1) is 0 Å². The fourth-order valence-electron chi connectivity index (χ4n) is 4.47. The molecule has 0 atom stereocenters. The van der Waals surface area contributed by atoms with Crippen molar-refractivity contribution < 1.29 is 18.8 Å². The first kappa shape index (κ1) is 27.1. The fraction of sp³-hybridized carbons (Fsp3) is 0.0645. The SMILES string of the molecule is COc1cccc2oc(-c3nc4ccccc4c(=O)n3N=Cc3ccc(OCc4cccc([N+](=O)[O-])c4)c(I)c3)cc12. The molecule has 0 aliphatic carbocycles. The van der Waals surface area contributed by atoms with E-state index in [2.05, 4.69) is 27.7 Å². The van der Waals surface area contributed by atoms with Crippen LogP contribution in [0.2, 0.25) is 0 Å². The lowest BCUT2D eigenvalue weighted by molar-refractivity contribution is -0.384. The second-order valence-corrected chi connectivity index (χ2v) is 10.4. The van der Waals surface area contributed by atoms with Gasteiger partial charge in [-0.05, 0) is 82.2 Å². The highest BCUT2D eigenvalue weighted by Crippen LogP contribution is 2.33. The number of hydrogen-bond acceptors (Lipinski definition) is 8. The van der Waals surface area contributed by atoms with Crippen molar-refractivity contribution in [2.75, 3.05) is 7.11 Å². The largest absolute Gasteiger partial charge is 0.496 e. The molecule has 0 fully saturated rings. The van der Waals surface area contributed by atoms with Crippen molar-refractivity contribution in [2.45, 2.75) is 6.61 Å². The molecule has 2 heterocycles. The van der Waals surface area contributed by atoms with Gasteiger partial charge in [0.05, 0.1) is 38.1 Å². The normalized spacial score (nSPS) is 11.4. The zero-order chi connectivity index (χ0) is 29.2. The Labute approximate surface area is 252 Å². The number of nitrogens with zero attached hydrogens (tertiary/aromatic N) is 4. The van der Waals surface area contributed by atoms with Crippen LogP contribution in [-0.2, 0) is 6.61 Å². The number of furan rings is 1. The van der Waals surface area contributed by atoms with Gasteiger partial charge in [-0.3, -0.25) is 14.9 Å². The lowest BCUT2D eigenvalue weighted by Crippen LogP contribution is -2.20. The van der Waals surface area contributed by atoms with Crippen molar-refractivity contribution in [1.29, 1.82) is 0 Å². The van der Waals surface area contributed by atoms with Crippen LogP contribution < -0.4 is 15.0 Å². The zero-order valence-corrected chi connectivity index (χ0v) is 24.2. The van der Waals surface area contributed by atoms with E-state index < -0.39 is 4.92 Å². The monoisotopic (exact) mass is 672 g/mol. The van der Waals surface area contributed by atoms with Crippen molar-refractivity contribution in [1.82, 2.24) is 9.66 Å². The van der Waals surface area contributed by atoms with Gasteiger partial charge in [-0.25, -0.2) is 4.98 Å². The van der Waals surface area contributed by atoms with E-state index in [1.54, 1.807) is 61.9 Å². The summed E-state index contributed by atoms with van der Waals surface area (Å²) < 4.78 is 19.5. The van der Waals surface area contributed by atoms with E-state index in [-0.39, 0.29) is 23.7 Å². The van der Waals surface area contributed by atoms with Gasteiger partial charge in [0.25, 0.3) is 11.2 Å². The standard InChI is InChI=1S/C31H21IN4O6/c1-40-26-10-5-11-27-23(26)16-29(42-27)30-34-25-9-3-2-8-22(25)31(37)35(30)33-17-19-12-13-28(24(32)15-19)41-18-20-6-4-7-21(14-20)36(38)39/h2-17H,18H2,1H3. The predicted octanol–water partition coefficient (Wildman–Crippen LogP) is 6.79. The maximum absolute atomic E-state index is 13.6. The van der Waals surface area contributed by atoms with Gasteiger partial charge in [0.1, 0.15) is 23.7 Å². The number of ether oxygens (including phenoxy) is 2. The predicted molar refractivity (Wildman–Crippen MR) is 167 cm³/mol. The molecule has 42 heavy (non-hydrogen) atoms. The molecule has 6 rings (SSSR count). The van der Waals surface area contributed by atoms with E-state index in [1.165, 1.54) is 16.8 Å². The summed E-state index contributed by atoms with van der Waals surface area (Å²) in [5.74, 6) is 1.87. The minimum atomic E-state index is -0.436. The third-order valence-corrected chi connectivity index (χ3v) is 7.35. The van der Waals surface area contributed by atoms with Crippen LogP contribution in [-0.4, -0.2) is 27.9 Å². The smallest absolute Gasteiger partial charge is 0.282 e. The highest BCUT2D eigenvalue weighted by atomic mass is 127. The van der Waals surface area contributed by atoms with E-state index in [0.717, 1.165) is 14.5 Å². The molecule has 0 aliphatic rings. The summed E-state index contributed by atoms with van der Waals surface area (Å²) in [5, 5.41) is 16.8. The minimum absolute atomic E-state index is 0.0110. The molecule has 0 unspecified atom stereocenters. The van der Waals surface area contributed by atoms with E-state index in [1.807, 2.05) is 30.3 Å². The summed E-state index contributed by atoms with van der Waals surface area (Å²) in [5.41, 5.74) is 2.19. The number of rotatable bonds is 8. The number of fused-ring (bicyclic) bond motifs is 2. The molecule has 4 aromatic carbocycles. The minimum Gasteiger partial charge on any atom is -0.496 e. The van der Waals surface area contributed by atoms with E-state index >= 15 is 0 Å². The second-order valence-electron chi connectivity index (χ2n) is 9.20. The number of methoxy groups -OCH3 is 1. The van der Waals surface area contributed by atoms with Crippen LogP contribution in [0.15, 0.2) is 105 Å². The number of nitro groups is 1. The molecule has 11 heteroatoms. The Morgan fingerprint density at radius 3 is 2.64 bits per heavy atom. The lowest BCUT2D eigenvalue weighted by atomic mass is 10.2. The van der Waals surface area contributed by atoms with Crippen LogP contribution in [0.5, 0.6) is 11.5 Å². The molecule has 0 N–H and O–H groups in total. The molecular formula is C31H21IN4O6. The first-order valence-corrected chi connectivity index (χ1v) is 13.8. The number of aromatic nitrogens is 2. The Hall–Kier alpha value is -5.04. The van der Waals surface area contributed by atoms with Gasteiger partial charge in [0.2, 0.25) is 5.82 Å². The van der Waals surface area contributed by atoms with Crippen LogP contribution >= 0.6 is 22.6 Å². The molecule has 0 amide bonds. The molecule has 0 bridgehead atoms. The molecule has 208 valence electrons. The van der Waals surface area contributed by atoms with E-state index in [4.69, 9.17) is 18.9 Å². The van der Waals surface area contributed by atoms with Crippen LogP contribution in [0.3, 0.4) is 0 Å². The van der Waals surface area contributed by atoms with E-state index in [0.29, 0.717) is 39.3 Å². The van der Waals surface area contributed by atoms with Crippen molar-refractivity contribution in [3.05, 3.63) is 126 Å². The van der Waals surface area contributed by atoms with Gasteiger partial charge in [-0.2, -0.15) is 9.78 Å². The molecule has 0 aliphatic heterocycles. The Morgan fingerprint density at radius 1 is 1.00 bits per heavy atom. The van der Waals surface area contributed by atoms with Crippen molar-refractivity contribution in [3.63, 3.8) is 0 Å². The van der Waals surface area contributed by atoms with Gasteiger partial charge >= 0.3 is 0 Å². The molecule has 6 aromatic rings. The molecule has 0 saturated heterocycles. The van der Waals surface area contributed by atoms with Gasteiger partial charge < -0.3 is 13.9 Å². The summed E-state index contributed by atoms with van der Waals surface area (Å²) in [6, 6.07) is 26.1. The second kappa shape index (κ2) is 11.4. The number of hydrogen-bond donors (Lipinski definition) is 0. The Kier molecular flexibility index (Phi) is 7.40. The van der Waals surface area contributed by atoms with E-state index in [9.17, 15) is 14.9 Å². The molecule has 2 aromatic heterocycles. The summed E-state index contributed by atoms with van der Waals surface area (Å²) in [7, 11) is 1.58. The van der Waals surface area contributed by atoms with Crippen LogP contribution in [0.1, 0.15) is 11.1 Å². The summed E-state index contributed by atoms with van der Waals surface area (Å²) in [4.78, 5) is 28.9. The molecule has 0 saturated carbocycles. The van der Waals surface area contributed by atoms with Crippen LogP contribution in [0.4, 0.5) is 5.69 Å². The first-order valence-electron chi connectivity index (χ1n) is 12.7. The third kappa shape index (κ3) is 5.33. The average molecular weight is 672 g/mol. The number of para-hydroxylation sites is 1. The molecule has 0 radical (unpaired) electrons. The Balaban J connectivity index is 1.33. The summed E-state index contributed by atoms with van der Waals surface area (Å²) in [6.07, 6.45) is 1.57. The van der Waals surface area contributed by atoms with Crippen molar-refractivity contribution >= 4 is 56.4 Å². The molecule has 10 nitrogen and oxygen atoms in total. The highest BCUT2D eigenvalue weighted by molar-refractivity contribution is 14.1. The third-order valence-electron chi connectivity index (χ3n) is 6.51. The number of non-ortho nitro benzene ring substituents is 1. The quantitative estimate of drug-likeness (QED) is 0.0755. The van der Waals surface area contributed by atoms with Gasteiger partial charge in [0, 0.05) is 12.1 Å². The summed E-state index contributed by atoms with van der Waals surface area (Å²) >= 11 is 2.15. The zero-order valence-electron chi connectivity index (χ0n) is 22.1. The lowest BCUT2D eigenvalue weighted by Gasteiger charge is -2.09. The topological polar surface area (TPSA) is 122 Å². The number of halogens is 1. The van der Waals surface area contributed by atoms with Gasteiger partial charge in [-0.1, -0.05) is 30.3 Å².